The Morgan fingerprint density at radius 2 is 2.25 bits per heavy atom. The third kappa shape index (κ3) is 3.68. The van der Waals surface area contributed by atoms with Gasteiger partial charge in [-0.15, -0.1) is 0 Å². The third-order valence-electron chi connectivity index (χ3n) is 2.39. The molecule has 1 aromatic rings. The molecule has 2 N–H and O–H groups in total. The van der Waals surface area contributed by atoms with Gasteiger partial charge in [0, 0.05) is 10.9 Å². The molecule has 1 rings (SSSR count). The van der Waals surface area contributed by atoms with Crippen LogP contribution in [0.25, 0.3) is 0 Å². The molecule has 88 valence electrons. The van der Waals surface area contributed by atoms with Crippen LogP contribution < -0.4 is 5.73 Å². The molecule has 0 bridgehead atoms. The van der Waals surface area contributed by atoms with E-state index in [2.05, 4.69) is 15.9 Å². The quantitative estimate of drug-likeness (QED) is 0.905. The van der Waals surface area contributed by atoms with E-state index in [1.165, 1.54) is 6.07 Å². The summed E-state index contributed by atoms with van der Waals surface area (Å²) in [7, 11) is 0. The summed E-state index contributed by atoms with van der Waals surface area (Å²) in [5, 5.41) is 0. The van der Waals surface area contributed by atoms with Crippen molar-refractivity contribution in [1.82, 2.24) is 0 Å². The van der Waals surface area contributed by atoms with Gasteiger partial charge in [-0.25, -0.2) is 4.39 Å². The average Bonchev–Trinajstić information content (AvgIpc) is 2.22. The summed E-state index contributed by atoms with van der Waals surface area (Å²) in [6, 6.07) is 4.20. The monoisotopic (exact) mass is 287 g/mol. The number of nitrogens with two attached hydrogens (primary N) is 1. The van der Waals surface area contributed by atoms with Gasteiger partial charge in [0.25, 0.3) is 0 Å². The number of benzene rings is 1. The molecule has 0 spiro atoms. The minimum absolute atomic E-state index is 0.0697. The molecule has 1 atom stereocenters. The lowest BCUT2D eigenvalue weighted by molar-refractivity contribution is -0.119. The Morgan fingerprint density at radius 1 is 1.56 bits per heavy atom. The van der Waals surface area contributed by atoms with Crippen molar-refractivity contribution in [2.75, 3.05) is 0 Å². The van der Waals surface area contributed by atoms with E-state index in [0.29, 0.717) is 16.5 Å². The Hall–Kier alpha value is -0.740. The van der Waals surface area contributed by atoms with Gasteiger partial charge < -0.3 is 5.73 Å². The second kappa shape index (κ2) is 6.11. The van der Waals surface area contributed by atoms with Gasteiger partial charge in [0.15, 0.2) is 5.78 Å². The summed E-state index contributed by atoms with van der Waals surface area (Å²) in [6.07, 6.45) is 1.58. The molecule has 0 aromatic heterocycles. The maximum Gasteiger partial charge on any atom is 0.153 e. The van der Waals surface area contributed by atoms with E-state index in [9.17, 15) is 9.18 Å². The highest BCUT2D eigenvalue weighted by atomic mass is 79.9. The van der Waals surface area contributed by atoms with Crippen molar-refractivity contribution in [3.63, 3.8) is 0 Å². The number of carbonyl (C=O) groups is 1. The van der Waals surface area contributed by atoms with Crippen molar-refractivity contribution in [3.05, 3.63) is 34.1 Å². The molecule has 1 unspecified atom stereocenters. The van der Waals surface area contributed by atoms with Crippen LogP contribution >= 0.6 is 15.9 Å². The Labute approximate surface area is 103 Å². The molecule has 0 heterocycles. The van der Waals surface area contributed by atoms with Crippen LogP contribution in [0.4, 0.5) is 4.39 Å². The van der Waals surface area contributed by atoms with Crippen molar-refractivity contribution in [2.24, 2.45) is 5.73 Å². The smallest absolute Gasteiger partial charge is 0.153 e. The van der Waals surface area contributed by atoms with Gasteiger partial charge in [0.2, 0.25) is 0 Å². The summed E-state index contributed by atoms with van der Waals surface area (Å²) in [6.45, 7) is 1.97. The molecule has 4 heteroatoms. The molecule has 0 amide bonds. The van der Waals surface area contributed by atoms with Crippen LogP contribution in [0.1, 0.15) is 25.3 Å². The Bertz CT molecular complexity index is 381. The Balaban J connectivity index is 2.69. The zero-order valence-electron chi connectivity index (χ0n) is 9.17. The first-order chi connectivity index (χ1) is 7.54. The minimum Gasteiger partial charge on any atom is -0.321 e. The fourth-order valence-corrected chi connectivity index (χ4v) is 1.79. The molecule has 0 saturated carbocycles. The van der Waals surface area contributed by atoms with Gasteiger partial charge in [-0.2, -0.15) is 0 Å². The van der Waals surface area contributed by atoms with E-state index in [0.717, 1.165) is 6.42 Å². The number of halogens is 2. The van der Waals surface area contributed by atoms with Crippen LogP contribution in [0, 0.1) is 5.82 Å². The third-order valence-corrected chi connectivity index (χ3v) is 2.89. The lowest BCUT2D eigenvalue weighted by Crippen LogP contribution is -2.31. The summed E-state index contributed by atoms with van der Waals surface area (Å²) >= 11 is 3.17. The van der Waals surface area contributed by atoms with E-state index < -0.39 is 6.04 Å². The summed E-state index contributed by atoms with van der Waals surface area (Å²) in [5.41, 5.74) is 6.08. The van der Waals surface area contributed by atoms with Crippen LogP contribution in [-0.4, -0.2) is 11.8 Å². The molecule has 0 aliphatic rings. The predicted octanol–water partition coefficient (Wildman–Crippen LogP) is 2.83. The molecule has 0 fully saturated rings. The van der Waals surface area contributed by atoms with Crippen LogP contribution in [0.5, 0.6) is 0 Å². The van der Waals surface area contributed by atoms with Gasteiger partial charge >= 0.3 is 0 Å². The highest BCUT2D eigenvalue weighted by Crippen LogP contribution is 2.16. The normalized spacial score (nSPS) is 12.5. The average molecular weight is 288 g/mol. The highest BCUT2D eigenvalue weighted by molar-refractivity contribution is 9.10. The zero-order chi connectivity index (χ0) is 12.1. The zero-order valence-corrected chi connectivity index (χ0v) is 10.8. The van der Waals surface area contributed by atoms with E-state index in [-0.39, 0.29) is 18.0 Å². The summed E-state index contributed by atoms with van der Waals surface area (Å²) in [4.78, 5) is 11.6. The van der Waals surface area contributed by atoms with E-state index in [1.807, 2.05) is 6.92 Å². The summed E-state index contributed by atoms with van der Waals surface area (Å²) in [5.74, 6) is -0.477. The second-order valence-electron chi connectivity index (χ2n) is 3.77. The number of ketones is 1. The maximum atomic E-state index is 13.4. The standard InChI is InChI=1S/C12H15BrFNO/c1-2-3-11(15)12(16)6-8-4-5-9(13)7-10(8)14/h4-5,7,11H,2-3,6,15H2,1H3. The van der Waals surface area contributed by atoms with Gasteiger partial charge in [0.05, 0.1) is 6.04 Å². The van der Waals surface area contributed by atoms with Crippen molar-refractivity contribution in [1.29, 1.82) is 0 Å². The first-order valence-electron chi connectivity index (χ1n) is 5.26. The second-order valence-corrected chi connectivity index (χ2v) is 4.69. The molecule has 0 radical (unpaired) electrons. The Kier molecular flexibility index (Phi) is 5.09. The molecule has 0 aliphatic carbocycles. The topological polar surface area (TPSA) is 43.1 Å². The van der Waals surface area contributed by atoms with E-state index >= 15 is 0 Å². The van der Waals surface area contributed by atoms with Crippen molar-refractivity contribution >= 4 is 21.7 Å². The first kappa shape index (κ1) is 13.3. The maximum absolute atomic E-state index is 13.4. The van der Waals surface area contributed by atoms with Gasteiger partial charge in [-0.3, -0.25) is 4.79 Å². The number of hydrogen-bond donors (Lipinski definition) is 1. The van der Waals surface area contributed by atoms with E-state index in [4.69, 9.17) is 5.73 Å². The first-order valence-corrected chi connectivity index (χ1v) is 6.06. The molecule has 2 nitrogen and oxygen atoms in total. The van der Waals surface area contributed by atoms with Crippen molar-refractivity contribution in [2.45, 2.75) is 32.2 Å². The minimum atomic E-state index is -0.479. The molecular formula is C12H15BrFNO. The van der Waals surface area contributed by atoms with Gasteiger partial charge in [-0.1, -0.05) is 35.3 Å². The Morgan fingerprint density at radius 3 is 2.81 bits per heavy atom. The molecule has 1 aromatic carbocycles. The van der Waals surface area contributed by atoms with Crippen LogP contribution in [0.3, 0.4) is 0 Å². The number of Topliss-reactive ketones (excluding diaryl/α,β-unsaturated/α-hetero) is 1. The largest absolute Gasteiger partial charge is 0.321 e. The summed E-state index contributed by atoms with van der Waals surface area (Å²) < 4.78 is 14.1. The number of hydrogen-bond acceptors (Lipinski definition) is 2. The molecule has 0 aliphatic heterocycles. The van der Waals surface area contributed by atoms with E-state index in [1.54, 1.807) is 12.1 Å². The number of carbonyl (C=O) groups excluding carboxylic acids is 1. The lowest BCUT2D eigenvalue weighted by Gasteiger charge is -2.09. The molecular weight excluding hydrogens is 273 g/mol. The SMILES string of the molecule is CCCC(N)C(=O)Cc1ccc(Br)cc1F. The van der Waals surface area contributed by atoms with Crippen molar-refractivity contribution < 1.29 is 9.18 Å². The highest BCUT2D eigenvalue weighted by Gasteiger charge is 2.15. The van der Waals surface area contributed by atoms with Crippen molar-refractivity contribution in [3.8, 4) is 0 Å². The van der Waals surface area contributed by atoms with Gasteiger partial charge in [0.1, 0.15) is 5.82 Å². The fraction of sp³-hybridized carbons (Fsp3) is 0.417. The van der Waals surface area contributed by atoms with Crippen LogP contribution in [0.2, 0.25) is 0 Å². The van der Waals surface area contributed by atoms with Crippen LogP contribution in [0.15, 0.2) is 22.7 Å². The molecule has 16 heavy (non-hydrogen) atoms. The lowest BCUT2D eigenvalue weighted by atomic mass is 10.0. The fourth-order valence-electron chi connectivity index (χ4n) is 1.46. The van der Waals surface area contributed by atoms with Gasteiger partial charge in [-0.05, 0) is 24.1 Å². The number of rotatable bonds is 5. The predicted molar refractivity (Wildman–Crippen MR) is 65.7 cm³/mol. The van der Waals surface area contributed by atoms with Crippen LogP contribution in [-0.2, 0) is 11.2 Å². The molecule has 0 saturated heterocycles.